The van der Waals surface area contributed by atoms with Crippen molar-refractivity contribution in [3.63, 3.8) is 0 Å². The SMILES string of the molecule is Cc1ccc(Br)c([C@@H](N)CC2CC2)c1O. The van der Waals surface area contributed by atoms with E-state index in [1.165, 1.54) is 12.8 Å². The highest BCUT2D eigenvalue weighted by Crippen LogP contribution is 2.41. The molecule has 82 valence electrons. The van der Waals surface area contributed by atoms with Crippen molar-refractivity contribution in [1.29, 1.82) is 0 Å². The normalized spacial score (nSPS) is 17.8. The maximum atomic E-state index is 9.97. The van der Waals surface area contributed by atoms with Gasteiger partial charge in [-0.1, -0.05) is 34.8 Å². The fraction of sp³-hybridized carbons (Fsp3) is 0.500. The van der Waals surface area contributed by atoms with Gasteiger partial charge in [0.05, 0.1) is 0 Å². The van der Waals surface area contributed by atoms with Gasteiger partial charge in [-0.2, -0.15) is 0 Å². The Morgan fingerprint density at radius 2 is 2.20 bits per heavy atom. The van der Waals surface area contributed by atoms with E-state index in [9.17, 15) is 5.11 Å². The number of hydrogen-bond donors (Lipinski definition) is 2. The zero-order valence-corrected chi connectivity index (χ0v) is 10.4. The zero-order chi connectivity index (χ0) is 11.0. The molecule has 2 nitrogen and oxygen atoms in total. The Morgan fingerprint density at radius 3 is 2.80 bits per heavy atom. The Morgan fingerprint density at radius 1 is 1.53 bits per heavy atom. The predicted molar refractivity (Wildman–Crippen MR) is 64.8 cm³/mol. The fourth-order valence-corrected chi connectivity index (χ4v) is 2.49. The summed E-state index contributed by atoms with van der Waals surface area (Å²) in [5.74, 6) is 1.12. The number of aromatic hydroxyl groups is 1. The molecule has 0 aromatic heterocycles. The van der Waals surface area contributed by atoms with Crippen LogP contribution in [-0.2, 0) is 0 Å². The molecule has 0 radical (unpaired) electrons. The van der Waals surface area contributed by atoms with E-state index in [0.717, 1.165) is 27.9 Å². The van der Waals surface area contributed by atoms with Crippen LogP contribution in [0.3, 0.4) is 0 Å². The van der Waals surface area contributed by atoms with E-state index in [1.54, 1.807) is 0 Å². The lowest BCUT2D eigenvalue weighted by molar-refractivity contribution is 0.450. The first-order valence-corrected chi connectivity index (χ1v) is 6.12. The van der Waals surface area contributed by atoms with Gasteiger partial charge in [-0.05, 0) is 30.9 Å². The number of benzene rings is 1. The Labute approximate surface area is 98.6 Å². The molecule has 0 amide bonds. The van der Waals surface area contributed by atoms with E-state index < -0.39 is 0 Å². The van der Waals surface area contributed by atoms with Crippen molar-refractivity contribution in [2.24, 2.45) is 11.7 Å². The quantitative estimate of drug-likeness (QED) is 0.885. The van der Waals surface area contributed by atoms with Gasteiger partial charge >= 0.3 is 0 Å². The molecule has 2 rings (SSSR count). The first kappa shape index (κ1) is 11.0. The summed E-state index contributed by atoms with van der Waals surface area (Å²) in [6, 6.07) is 3.80. The fourth-order valence-electron chi connectivity index (χ4n) is 1.88. The molecule has 1 aliphatic rings. The molecule has 0 aliphatic heterocycles. The monoisotopic (exact) mass is 269 g/mol. The summed E-state index contributed by atoms with van der Waals surface area (Å²) in [6.07, 6.45) is 3.56. The van der Waals surface area contributed by atoms with Gasteiger partial charge in [0, 0.05) is 16.1 Å². The molecule has 1 aliphatic carbocycles. The van der Waals surface area contributed by atoms with Crippen molar-refractivity contribution in [2.45, 2.75) is 32.2 Å². The van der Waals surface area contributed by atoms with E-state index in [4.69, 9.17) is 5.73 Å². The highest BCUT2D eigenvalue weighted by atomic mass is 79.9. The number of halogens is 1. The molecule has 1 fully saturated rings. The minimum absolute atomic E-state index is 0.0493. The number of phenolic OH excluding ortho intramolecular Hbond substituents is 1. The summed E-state index contributed by atoms with van der Waals surface area (Å²) < 4.78 is 0.916. The van der Waals surface area contributed by atoms with E-state index in [1.807, 2.05) is 19.1 Å². The molecule has 0 saturated heterocycles. The Balaban J connectivity index is 2.27. The smallest absolute Gasteiger partial charge is 0.124 e. The van der Waals surface area contributed by atoms with Crippen LogP contribution in [0.15, 0.2) is 16.6 Å². The highest BCUT2D eigenvalue weighted by Gasteiger charge is 2.26. The third-order valence-corrected chi connectivity index (χ3v) is 3.71. The van der Waals surface area contributed by atoms with Gasteiger partial charge in [0.2, 0.25) is 0 Å². The average molecular weight is 270 g/mol. The highest BCUT2D eigenvalue weighted by molar-refractivity contribution is 9.10. The van der Waals surface area contributed by atoms with E-state index in [0.29, 0.717) is 5.75 Å². The summed E-state index contributed by atoms with van der Waals surface area (Å²) in [7, 11) is 0. The number of nitrogens with two attached hydrogens (primary N) is 1. The van der Waals surface area contributed by atoms with Gasteiger partial charge in [0.1, 0.15) is 5.75 Å². The molecule has 1 saturated carbocycles. The van der Waals surface area contributed by atoms with Crippen LogP contribution in [0, 0.1) is 12.8 Å². The van der Waals surface area contributed by atoms with Crippen LogP contribution in [0.25, 0.3) is 0 Å². The van der Waals surface area contributed by atoms with Crippen molar-refractivity contribution < 1.29 is 5.11 Å². The van der Waals surface area contributed by atoms with E-state index in [2.05, 4.69) is 15.9 Å². The third kappa shape index (κ3) is 2.34. The second-order valence-corrected chi connectivity index (χ2v) is 5.27. The molecule has 0 spiro atoms. The number of rotatable bonds is 3. The van der Waals surface area contributed by atoms with E-state index in [-0.39, 0.29) is 6.04 Å². The van der Waals surface area contributed by atoms with Crippen molar-refractivity contribution in [3.05, 3.63) is 27.7 Å². The summed E-state index contributed by atoms with van der Waals surface area (Å²) in [6.45, 7) is 1.90. The first-order valence-electron chi connectivity index (χ1n) is 5.33. The maximum Gasteiger partial charge on any atom is 0.124 e. The topological polar surface area (TPSA) is 46.2 Å². The molecule has 3 N–H and O–H groups in total. The molecule has 0 heterocycles. The van der Waals surface area contributed by atoms with Gasteiger partial charge in [-0.25, -0.2) is 0 Å². The Kier molecular flexibility index (Phi) is 3.03. The maximum absolute atomic E-state index is 9.97. The molecule has 3 heteroatoms. The van der Waals surface area contributed by atoms with Gasteiger partial charge in [0.15, 0.2) is 0 Å². The molecule has 1 aromatic rings. The number of aryl methyl sites for hydroxylation is 1. The Hall–Kier alpha value is -0.540. The molecular weight excluding hydrogens is 254 g/mol. The molecule has 0 bridgehead atoms. The van der Waals surface area contributed by atoms with Crippen molar-refractivity contribution in [1.82, 2.24) is 0 Å². The lowest BCUT2D eigenvalue weighted by Gasteiger charge is -2.16. The van der Waals surface area contributed by atoms with Crippen molar-refractivity contribution in [3.8, 4) is 5.75 Å². The largest absolute Gasteiger partial charge is 0.507 e. The Bertz CT molecular complexity index is 374. The second-order valence-electron chi connectivity index (χ2n) is 4.41. The predicted octanol–water partition coefficient (Wildman–Crippen LogP) is 3.26. The van der Waals surface area contributed by atoms with Crippen LogP contribution in [0.2, 0.25) is 0 Å². The average Bonchev–Trinajstić information content (AvgIpc) is 2.96. The second kappa shape index (κ2) is 4.14. The van der Waals surface area contributed by atoms with Crippen LogP contribution in [-0.4, -0.2) is 5.11 Å². The lowest BCUT2D eigenvalue weighted by atomic mass is 9.99. The van der Waals surface area contributed by atoms with Crippen molar-refractivity contribution in [2.75, 3.05) is 0 Å². The van der Waals surface area contributed by atoms with Crippen LogP contribution in [0.4, 0.5) is 0 Å². The van der Waals surface area contributed by atoms with Crippen LogP contribution < -0.4 is 5.73 Å². The summed E-state index contributed by atoms with van der Waals surface area (Å²) in [4.78, 5) is 0. The van der Waals surface area contributed by atoms with Crippen molar-refractivity contribution >= 4 is 15.9 Å². The lowest BCUT2D eigenvalue weighted by Crippen LogP contribution is -2.12. The van der Waals surface area contributed by atoms with E-state index >= 15 is 0 Å². The number of phenols is 1. The summed E-state index contributed by atoms with van der Waals surface area (Å²) in [5.41, 5.74) is 7.87. The van der Waals surface area contributed by atoms with Crippen LogP contribution in [0.5, 0.6) is 5.75 Å². The minimum Gasteiger partial charge on any atom is -0.507 e. The van der Waals surface area contributed by atoms with Gasteiger partial charge in [-0.15, -0.1) is 0 Å². The summed E-state index contributed by atoms with van der Waals surface area (Å²) >= 11 is 3.45. The minimum atomic E-state index is -0.0493. The molecule has 0 unspecified atom stereocenters. The third-order valence-electron chi connectivity index (χ3n) is 3.02. The zero-order valence-electron chi connectivity index (χ0n) is 8.83. The number of hydrogen-bond acceptors (Lipinski definition) is 2. The van der Waals surface area contributed by atoms with Gasteiger partial charge in [-0.3, -0.25) is 0 Å². The van der Waals surface area contributed by atoms with Crippen LogP contribution in [0.1, 0.15) is 36.4 Å². The molecule has 1 aromatic carbocycles. The van der Waals surface area contributed by atoms with Gasteiger partial charge in [0.25, 0.3) is 0 Å². The first-order chi connectivity index (χ1) is 7.09. The van der Waals surface area contributed by atoms with Crippen LogP contribution >= 0.6 is 15.9 Å². The van der Waals surface area contributed by atoms with Gasteiger partial charge < -0.3 is 10.8 Å². The molecule has 15 heavy (non-hydrogen) atoms. The molecule has 1 atom stereocenters. The standard InChI is InChI=1S/C12H16BrNO/c1-7-2-5-9(13)11(12(7)15)10(14)6-8-3-4-8/h2,5,8,10,15H,3-4,6,14H2,1H3/t10-/m0/s1. The molecular formula is C12H16BrNO. The summed E-state index contributed by atoms with van der Waals surface area (Å²) in [5, 5.41) is 9.97.